The summed E-state index contributed by atoms with van der Waals surface area (Å²) in [5, 5.41) is 14.4. The molecule has 0 aliphatic rings. The maximum absolute atomic E-state index is 11.3. The lowest BCUT2D eigenvalue weighted by Crippen LogP contribution is -1.99. The average molecular weight is 326 g/mol. The van der Waals surface area contributed by atoms with Crippen molar-refractivity contribution in [2.45, 2.75) is 5.75 Å². The fourth-order valence-electron chi connectivity index (χ4n) is 1.77. The monoisotopic (exact) mass is 325 g/mol. The summed E-state index contributed by atoms with van der Waals surface area (Å²) in [5.74, 6) is 0.326. The van der Waals surface area contributed by atoms with Crippen molar-refractivity contribution in [2.24, 2.45) is 0 Å². The second-order valence-corrected chi connectivity index (χ2v) is 6.14. The third kappa shape index (κ3) is 3.99. The summed E-state index contributed by atoms with van der Waals surface area (Å²) in [7, 11) is -1.02. The fraction of sp³-hybridized carbons (Fsp3) is 0.154. The maximum Gasteiger partial charge on any atom is 0.310 e. The predicted molar refractivity (Wildman–Crippen MR) is 83.4 cm³/mol. The minimum Gasteiger partial charge on any atom is -0.350 e. The lowest BCUT2D eigenvalue weighted by Gasteiger charge is -2.09. The van der Waals surface area contributed by atoms with E-state index in [2.05, 4.69) is 10.3 Å². The van der Waals surface area contributed by atoms with E-state index in [4.69, 9.17) is 11.6 Å². The smallest absolute Gasteiger partial charge is 0.310 e. The molecule has 0 fully saturated rings. The van der Waals surface area contributed by atoms with Crippen molar-refractivity contribution < 1.29 is 9.13 Å². The van der Waals surface area contributed by atoms with E-state index in [-0.39, 0.29) is 5.69 Å². The topological polar surface area (TPSA) is 85.1 Å². The highest BCUT2D eigenvalue weighted by molar-refractivity contribution is 7.83. The van der Waals surface area contributed by atoms with Gasteiger partial charge in [0.05, 0.1) is 4.92 Å². The first kappa shape index (κ1) is 15.4. The molecule has 1 aromatic carbocycles. The molecule has 2 rings (SSSR count). The van der Waals surface area contributed by atoms with E-state index in [1.54, 1.807) is 24.5 Å². The van der Waals surface area contributed by atoms with Crippen LogP contribution in [0.3, 0.4) is 0 Å². The molecule has 6 nitrogen and oxygen atoms in total. The summed E-state index contributed by atoms with van der Waals surface area (Å²) in [6.07, 6.45) is 4.23. The quantitative estimate of drug-likeness (QED) is 0.673. The van der Waals surface area contributed by atoms with Crippen LogP contribution in [-0.2, 0) is 16.6 Å². The Hall–Kier alpha value is -1.99. The lowest BCUT2D eigenvalue weighted by atomic mass is 10.2. The van der Waals surface area contributed by atoms with Crippen molar-refractivity contribution in [3.63, 3.8) is 0 Å². The summed E-state index contributed by atoms with van der Waals surface area (Å²) in [5.41, 5.74) is 1.57. The molecule has 0 aliphatic heterocycles. The molecular formula is C13H12ClN3O3S. The highest BCUT2D eigenvalue weighted by Crippen LogP contribution is 2.28. The van der Waals surface area contributed by atoms with Crippen LogP contribution in [0.5, 0.6) is 0 Å². The number of pyridine rings is 1. The zero-order valence-corrected chi connectivity index (χ0v) is 12.6. The highest BCUT2D eigenvalue weighted by Gasteiger charge is 2.14. The summed E-state index contributed by atoms with van der Waals surface area (Å²) in [6.45, 7) is 0. The number of halogens is 1. The molecule has 1 aromatic heterocycles. The van der Waals surface area contributed by atoms with Crippen molar-refractivity contribution >= 4 is 39.5 Å². The van der Waals surface area contributed by atoms with Crippen LogP contribution in [0.15, 0.2) is 36.7 Å². The Balaban J connectivity index is 2.32. The molecule has 1 N–H and O–H groups in total. The van der Waals surface area contributed by atoms with Crippen LogP contribution in [0.25, 0.3) is 0 Å². The van der Waals surface area contributed by atoms with Gasteiger partial charge in [0, 0.05) is 39.7 Å². The van der Waals surface area contributed by atoms with E-state index in [1.165, 1.54) is 18.5 Å². The van der Waals surface area contributed by atoms with Crippen LogP contribution in [0, 0.1) is 10.1 Å². The van der Waals surface area contributed by atoms with E-state index in [9.17, 15) is 14.3 Å². The van der Waals surface area contributed by atoms with Gasteiger partial charge in [-0.2, -0.15) is 0 Å². The molecule has 8 heteroatoms. The molecule has 1 heterocycles. The average Bonchev–Trinajstić information content (AvgIpc) is 2.42. The summed E-state index contributed by atoms with van der Waals surface area (Å²) in [4.78, 5) is 14.2. The predicted octanol–water partition coefficient (Wildman–Crippen LogP) is 3.27. The molecule has 0 saturated heterocycles. The molecule has 2 aromatic rings. The van der Waals surface area contributed by atoms with Crippen LogP contribution in [-0.4, -0.2) is 20.4 Å². The first-order valence-corrected chi connectivity index (χ1v) is 8.02. The second-order valence-electron chi connectivity index (χ2n) is 4.30. The van der Waals surface area contributed by atoms with Gasteiger partial charge in [-0.15, -0.1) is 0 Å². The van der Waals surface area contributed by atoms with Gasteiger partial charge < -0.3 is 5.32 Å². The van der Waals surface area contributed by atoms with Crippen LogP contribution < -0.4 is 5.32 Å². The Labute approximate surface area is 128 Å². The minimum absolute atomic E-state index is 0.118. The Kier molecular flexibility index (Phi) is 4.87. The van der Waals surface area contributed by atoms with Gasteiger partial charge in [0.2, 0.25) is 0 Å². The summed E-state index contributed by atoms with van der Waals surface area (Å²) >= 11 is 6.04. The third-order valence-electron chi connectivity index (χ3n) is 2.68. The molecule has 0 spiro atoms. The molecule has 0 aliphatic carbocycles. The standard InChI is InChI=1S/C13H12ClN3O3S/c1-21(20)8-9-6-10(2-3-11(9)14)16-12-4-5-15-7-13(12)17(18)19/h2-7H,8H2,1H3,(H,15,16)/t21-/m1/s1. The van der Waals surface area contributed by atoms with Gasteiger partial charge in [0.15, 0.2) is 0 Å². The number of nitro groups is 1. The van der Waals surface area contributed by atoms with Crippen LogP contribution >= 0.6 is 11.6 Å². The van der Waals surface area contributed by atoms with Crippen molar-refractivity contribution in [1.29, 1.82) is 0 Å². The molecule has 0 radical (unpaired) electrons. The Morgan fingerprint density at radius 3 is 2.86 bits per heavy atom. The minimum atomic E-state index is -1.02. The van der Waals surface area contributed by atoms with Gasteiger partial charge in [0.1, 0.15) is 11.9 Å². The van der Waals surface area contributed by atoms with Gasteiger partial charge in [0.25, 0.3) is 0 Å². The Bertz CT molecular complexity index is 709. The number of benzene rings is 1. The van der Waals surface area contributed by atoms with Crippen molar-refractivity contribution in [3.8, 4) is 0 Å². The zero-order valence-electron chi connectivity index (χ0n) is 11.1. The number of nitrogens with one attached hydrogen (secondary N) is 1. The number of hydrogen-bond acceptors (Lipinski definition) is 5. The highest BCUT2D eigenvalue weighted by atomic mass is 35.5. The summed E-state index contributed by atoms with van der Waals surface area (Å²) in [6, 6.07) is 6.62. The molecular weight excluding hydrogens is 314 g/mol. The number of hydrogen-bond donors (Lipinski definition) is 1. The van der Waals surface area contributed by atoms with Crippen molar-refractivity contribution in [2.75, 3.05) is 11.6 Å². The first-order chi connectivity index (χ1) is 9.97. The van der Waals surface area contributed by atoms with E-state index in [0.29, 0.717) is 22.2 Å². The molecule has 0 unspecified atom stereocenters. The zero-order chi connectivity index (χ0) is 15.4. The molecule has 0 saturated carbocycles. The number of aromatic nitrogens is 1. The van der Waals surface area contributed by atoms with Gasteiger partial charge in [-0.1, -0.05) is 11.6 Å². The van der Waals surface area contributed by atoms with E-state index in [0.717, 1.165) is 5.56 Å². The second kappa shape index (κ2) is 6.64. The van der Waals surface area contributed by atoms with Gasteiger partial charge in [-0.05, 0) is 29.8 Å². The van der Waals surface area contributed by atoms with Crippen molar-refractivity contribution in [3.05, 3.63) is 57.4 Å². The van der Waals surface area contributed by atoms with Gasteiger partial charge in [-0.3, -0.25) is 19.3 Å². The SMILES string of the molecule is C[S@@](=O)Cc1cc(Nc2ccncc2[N+](=O)[O-])ccc1Cl. The van der Waals surface area contributed by atoms with Crippen LogP contribution in [0.2, 0.25) is 5.02 Å². The van der Waals surface area contributed by atoms with Crippen molar-refractivity contribution in [1.82, 2.24) is 4.98 Å². The lowest BCUT2D eigenvalue weighted by molar-refractivity contribution is -0.384. The fourth-order valence-corrected chi connectivity index (χ4v) is 2.72. The normalized spacial score (nSPS) is 11.9. The van der Waals surface area contributed by atoms with E-state index in [1.807, 2.05) is 0 Å². The molecule has 0 amide bonds. The van der Waals surface area contributed by atoms with Gasteiger partial charge in [-0.25, -0.2) is 0 Å². The number of nitrogens with zero attached hydrogens (tertiary/aromatic N) is 2. The molecule has 110 valence electrons. The Morgan fingerprint density at radius 1 is 1.43 bits per heavy atom. The maximum atomic E-state index is 11.3. The van der Waals surface area contributed by atoms with E-state index >= 15 is 0 Å². The van der Waals surface area contributed by atoms with Crippen LogP contribution in [0.1, 0.15) is 5.56 Å². The number of rotatable bonds is 5. The molecule has 21 heavy (non-hydrogen) atoms. The molecule has 1 atom stereocenters. The molecule has 0 bridgehead atoms. The van der Waals surface area contributed by atoms with Gasteiger partial charge >= 0.3 is 5.69 Å². The largest absolute Gasteiger partial charge is 0.350 e. The van der Waals surface area contributed by atoms with Crippen LogP contribution in [0.4, 0.5) is 17.1 Å². The first-order valence-electron chi connectivity index (χ1n) is 5.91. The number of anilines is 2. The third-order valence-corrected chi connectivity index (χ3v) is 3.77. The Morgan fingerprint density at radius 2 is 2.19 bits per heavy atom. The van der Waals surface area contributed by atoms with E-state index < -0.39 is 15.7 Å². The summed E-state index contributed by atoms with van der Waals surface area (Å²) < 4.78 is 11.3.